The van der Waals surface area contributed by atoms with E-state index in [0.717, 1.165) is 9.13 Å². The molecule has 0 saturated carbocycles. The molecule has 0 spiro atoms. The lowest BCUT2D eigenvalue weighted by atomic mass is 10.1. The molecule has 1 aromatic heterocycles. The fourth-order valence-electron chi connectivity index (χ4n) is 1.38. The van der Waals surface area contributed by atoms with Gasteiger partial charge in [0.05, 0.1) is 18.0 Å². The molecule has 0 aliphatic carbocycles. The van der Waals surface area contributed by atoms with Gasteiger partial charge >= 0.3 is 0 Å². The van der Waals surface area contributed by atoms with E-state index in [1.165, 1.54) is 12.4 Å². The number of carbonyl (C=O) groups is 1. The van der Waals surface area contributed by atoms with Crippen LogP contribution in [0.25, 0.3) is 0 Å². The summed E-state index contributed by atoms with van der Waals surface area (Å²) in [5, 5.41) is 2.72. The largest absolute Gasteiger partial charge is 0.305 e. The molecule has 0 bridgehead atoms. The molecule has 1 amide bonds. The standard InChI is InChI=1S/C12H9BrIN3O/c1-7-3-2-4-8(11(7)14)12(18)17-10-6-15-9(13)5-16-10/h2-6H,1H3,(H,16,17,18). The number of nitrogens with one attached hydrogen (secondary N) is 1. The summed E-state index contributed by atoms with van der Waals surface area (Å²) in [6.45, 7) is 1.97. The fraction of sp³-hybridized carbons (Fsp3) is 0.0833. The van der Waals surface area contributed by atoms with Crippen LogP contribution in [0.15, 0.2) is 35.2 Å². The number of halogens is 2. The van der Waals surface area contributed by atoms with Crippen LogP contribution < -0.4 is 5.32 Å². The molecular formula is C12H9BrIN3O. The molecule has 92 valence electrons. The second-order valence-corrected chi connectivity index (χ2v) is 5.51. The van der Waals surface area contributed by atoms with E-state index in [1.807, 2.05) is 19.1 Å². The van der Waals surface area contributed by atoms with E-state index in [0.29, 0.717) is 16.0 Å². The van der Waals surface area contributed by atoms with Crippen molar-refractivity contribution in [2.24, 2.45) is 0 Å². The molecular weight excluding hydrogens is 409 g/mol. The van der Waals surface area contributed by atoms with Gasteiger partial charge in [0.2, 0.25) is 0 Å². The Morgan fingerprint density at radius 2 is 2.11 bits per heavy atom. The van der Waals surface area contributed by atoms with Gasteiger partial charge in [0, 0.05) is 3.57 Å². The van der Waals surface area contributed by atoms with Crippen LogP contribution >= 0.6 is 38.5 Å². The molecule has 1 N–H and O–H groups in total. The van der Waals surface area contributed by atoms with Crippen LogP contribution in [0, 0.1) is 10.5 Å². The Hall–Kier alpha value is -1.02. The van der Waals surface area contributed by atoms with Crippen LogP contribution in [0.3, 0.4) is 0 Å². The number of rotatable bonds is 2. The SMILES string of the molecule is Cc1cccc(C(=O)Nc2cnc(Br)cn2)c1I. The van der Waals surface area contributed by atoms with Gasteiger partial charge in [-0.2, -0.15) is 0 Å². The van der Waals surface area contributed by atoms with Crippen LogP contribution in [0.5, 0.6) is 0 Å². The van der Waals surface area contributed by atoms with Crippen molar-refractivity contribution in [2.75, 3.05) is 5.32 Å². The number of nitrogens with zero attached hydrogens (tertiary/aromatic N) is 2. The zero-order chi connectivity index (χ0) is 13.1. The van der Waals surface area contributed by atoms with Gasteiger partial charge in [0.15, 0.2) is 5.82 Å². The van der Waals surface area contributed by atoms with Gasteiger partial charge in [0.25, 0.3) is 5.91 Å². The Labute approximate surface area is 126 Å². The zero-order valence-electron chi connectivity index (χ0n) is 9.45. The smallest absolute Gasteiger partial charge is 0.257 e. The highest BCUT2D eigenvalue weighted by Gasteiger charge is 2.11. The second kappa shape index (κ2) is 5.75. The van der Waals surface area contributed by atoms with E-state index in [9.17, 15) is 4.79 Å². The Bertz CT molecular complexity index is 586. The second-order valence-electron chi connectivity index (χ2n) is 3.61. The third kappa shape index (κ3) is 3.05. The van der Waals surface area contributed by atoms with Crippen LogP contribution in [0.4, 0.5) is 5.82 Å². The summed E-state index contributed by atoms with van der Waals surface area (Å²) in [7, 11) is 0. The van der Waals surface area contributed by atoms with Gasteiger partial charge in [-0.15, -0.1) is 0 Å². The highest BCUT2D eigenvalue weighted by atomic mass is 127. The van der Waals surface area contributed by atoms with Crippen molar-refractivity contribution >= 4 is 50.2 Å². The molecule has 1 heterocycles. The van der Waals surface area contributed by atoms with Gasteiger partial charge in [-0.3, -0.25) is 4.79 Å². The molecule has 0 unspecified atom stereocenters. The highest BCUT2D eigenvalue weighted by molar-refractivity contribution is 14.1. The van der Waals surface area contributed by atoms with E-state index in [-0.39, 0.29) is 5.91 Å². The third-order valence-electron chi connectivity index (χ3n) is 2.30. The zero-order valence-corrected chi connectivity index (χ0v) is 13.2. The molecule has 0 aliphatic heterocycles. The monoisotopic (exact) mass is 417 g/mol. The lowest BCUT2D eigenvalue weighted by molar-refractivity contribution is 0.102. The molecule has 0 aliphatic rings. The van der Waals surface area contributed by atoms with Crippen molar-refractivity contribution in [3.8, 4) is 0 Å². The van der Waals surface area contributed by atoms with E-state index >= 15 is 0 Å². The van der Waals surface area contributed by atoms with Crippen molar-refractivity contribution in [3.05, 3.63) is 49.9 Å². The molecule has 6 heteroatoms. The predicted octanol–water partition coefficient (Wildman–Crippen LogP) is 3.40. The van der Waals surface area contributed by atoms with Crippen LogP contribution in [-0.2, 0) is 0 Å². The summed E-state index contributed by atoms with van der Waals surface area (Å²) in [6, 6.07) is 5.62. The van der Waals surface area contributed by atoms with Gasteiger partial charge in [0.1, 0.15) is 4.60 Å². The topological polar surface area (TPSA) is 54.9 Å². The number of hydrogen-bond donors (Lipinski definition) is 1. The first-order chi connectivity index (χ1) is 8.58. The van der Waals surface area contributed by atoms with Crippen molar-refractivity contribution in [2.45, 2.75) is 6.92 Å². The number of aromatic nitrogens is 2. The molecule has 18 heavy (non-hydrogen) atoms. The molecule has 0 saturated heterocycles. The van der Waals surface area contributed by atoms with Gasteiger partial charge in [-0.05, 0) is 57.1 Å². The van der Waals surface area contributed by atoms with Gasteiger partial charge < -0.3 is 5.32 Å². The number of amides is 1. The summed E-state index contributed by atoms with van der Waals surface area (Å²) in [5.74, 6) is 0.250. The Morgan fingerprint density at radius 3 is 2.78 bits per heavy atom. The number of aryl methyl sites for hydroxylation is 1. The number of carbonyl (C=O) groups excluding carboxylic acids is 1. The molecule has 4 nitrogen and oxygen atoms in total. The quantitative estimate of drug-likeness (QED) is 0.762. The normalized spacial score (nSPS) is 10.2. The van der Waals surface area contributed by atoms with E-state index in [2.05, 4.69) is 53.8 Å². The van der Waals surface area contributed by atoms with E-state index in [4.69, 9.17) is 0 Å². The lowest BCUT2D eigenvalue weighted by Gasteiger charge is -2.07. The average molecular weight is 418 g/mol. The maximum atomic E-state index is 12.1. The van der Waals surface area contributed by atoms with Crippen molar-refractivity contribution in [3.63, 3.8) is 0 Å². The summed E-state index contributed by atoms with van der Waals surface area (Å²) in [4.78, 5) is 20.1. The predicted molar refractivity (Wildman–Crippen MR) is 81.6 cm³/mol. The average Bonchev–Trinajstić information content (AvgIpc) is 2.35. The van der Waals surface area contributed by atoms with Crippen molar-refractivity contribution < 1.29 is 4.79 Å². The number of anilines is 1. The maximum Gasteiger partial charge on any atom is 0.257 e. The van der Waals surface area contributed by atoms with Gasteiger partial charge in [-0.25, -0.2) is 9.97 Å². The first-order valence-corrected chi connectivity index (χ1v) is 6.99. The Kier molecular flexibility index (Phi) is 4.28. The maximum absolute atomic E-state index is 12.1. The summed E-state index contributed by atoms with van der Waals surface area (Å²) in [5.41, 5.74) is 1.71. The number of hydrogen-bond acceptors (Lipinski definition) is 3. The molecule has 2 aromatic rings. The van der Waals surface area contributed by atoms with E-state index in [1.54, 1.807) is 6.07 Å². The molecule has 1 aromatic carbocycles. The first-order valence-electron chi connectivity index (χ1n) is 5.12. The van der Waals surface area contributed by atoms with Crippen LogP contribution in [-0.4, -0.2) is 15.9 Å². The Balaban J connectivity index is 2.22. The minimum atomic E-state index is -0.181. The fourth-order valence-corrected chi connectivity index (χ4v) is 2.19. The van der Waals surface area contributed by atoms with Crippen LogP contribution in [0.2, 0.25) is 0 Å². The lowest BCUT2D eigenvalue weighted by Crippen LogP contribution is -2.15. The third-order valence-corrected chi connectivity index (χ3v) is 4.14. The molecule has 0 atom stereocenters. The van der Waals surface area contributed by atoms with E-state index < -0.39 is 0 Å². The van der Waals surface area contributed by atoms with Crippen molar-refractivity contribution in [1.29, 1.82) is 0 Å². The summed E-state index contributed by atoms with van der Waals surface area (Å²) >= 11 is 5.35. The molecule has 0 fully saturated rings. The Morgan fingerprint density at radius 1 is 1.33 bits per heavy atom. The summed E-state index contributed by atoms with van der Waals surface area (Å²) in [6.07, 6.45) is 3.04. The molecule has 2 rings (SSSR count). The minimum Gasteiger partial charge on any atom is -0.305 e. The number of benzene rings is 1. The summed E-state index contributed by atoms with van der Waals surface area (Å²) < 4.78 is 1.57. The van der Waals surface area contributed by atoms with Crippen LogP contribution in [0.1, 0.15) is 15.9 Å². The first kappa shape index (κ1) is 13.4. The van der Waals surface area contributed by atoms with Gasteiger partial charge in [-0.1, -0.05) is 12.1 Å². The minimum absolute atomic E-state index is 0.181. The molecule has 0 radical (unpaired) electrons. The highest BCUT2D eigenvalue weighted by Crippen LogP contribution is 2.17. The van der Waals surface area contributed by atoms with Crippen molar-refractivity contribution in [1.82, 2.24) is 9.97 Å².